The molecule has 0 saturated carbocycles. The third-order valence-electron chi connectivity index (χ3n) is 7.29. The first kappa shape index (κ1) is 25.3. The second-order valence-corrected chi connectivity index (χ2v) is 9.80. The Bertz CT molecular complexity index is 1360. The van der Waals surface area contributed by atoms with Crippen LogP contribution in [0.3, 0.4) is 0 Å². The van der Waals surface area contributed by atoms with Gasteiger partial charge in [0.05, 0.1) is 5.69 Å². The fourth-order valence-electron chi connectivity index (χ4n) is 5.12. The monoisotopic (exact) mass is 508 g/mol. The normalized spacial score (nSPS) is 14.6. The van der Waals surface area contributed by atoms with Crippen molar-refractivity contribution in [2.45, 2.75) is 31.3 Å². The van der Waals surface area contributed by atoms with Gasteiger partial charge in [-0.2, -0.15) is 5.10 Å². The minimum absolute atomic E-state index is 0.0726. The van der Waals surface area contributed by atoms with Crippen LogP contribution < -0.4 is 5.32 Å². The van der Waals surface area contributed by atoms with Gasteiger partial charge < -0.3 is 15.0 Å². The van der Waals surface area contributed by atoms with Crippen molar-refractivity contribution in [3.63, 3.8) is 0 Å². The smallest absolute Gasteiger partial charge is 0.410 e. The van der Waals surface area contributed by atoms with Crippen LogP contribution in [0.15, 0.2) is 97.1 Å². The summed E-state index contributed by atoms with van der Waals surface area (Å²) in [6.07, 6.45) is 1.34. The Morgan fingerprint density at radius 2 is 1.50 bits per heavy atom. The number of aromatic nitrogens is 2. The highest BCUT2D eigenvalue weighted by Gasteiger charge is 2.39. The van der Waals surface area contributed by atoms with Gasteiger partial charge in [0, 0.05) is 43.6 Å². The van der Waals surface area contributed by atoms with Gasteiger partial charge in [0.1, 0.15) is 12.4 Å². The van der Waals surface area contributed by atoms with Crippen LogP contribution in [-0.2, 0) is 28.6 Å². The Morgan fingerprint density at radius 1 is 0.895 bits per heavy atom. The fourth-order valence-corrected chi connectivity index (χ4v) is 5.12. The molecule has 1 aliphatic rings. The highest BCUT2D eigenvalue weighted by Crippen LogP contribution is 2.39. The first-order valence-corrected chi connectivity index (χ1v) is 12.9. The summed E-state index contributed by atoms with van der Waals surface area (Å²) < 4.78 is 7.25. The van der Waals surface area contributed by atoms with E-state index in [4.69, 9.17) is 4.74 Å². The molecule has 1 saturated heterocycles. The number of benzene rings is 3. The molecular formula is C31H32N4O3. The SMILES string of the molecule is Cn1nc(-c2ccccc2)cc1NC(=O)CC1(c2ccccc2)CCN(C(=O)OCc2ccccc2)CC1. The minimum atomic E-state index is -0.373. The van der Waals surface area contributed by atoms with Crippen LogP contribution in [0.25, 0.3) is 11.3 Å². The van der Waals surface area contributed by atoms with E-state index in [1.165, 1.54) is 0 Å². The third-order valence-corrected chi connectivity index (χ3v) is 7.29. The maximum Gasteiger partial charge on any atom is 0.410 e. The lowest BCUT2D eigenvalue weighted by molar-refractivity contribution is -0.117. The van der Waals surface area contributed by atoms with Crippen molar-refractivity contribution in [1.29, 1.82) is 0 Å². The molecule has 0 atom stereocenters. The number of amides is 2. The molecule has 2 amide bonds. The predicted molar refractivity (Wildman–Crippen MR) is 147 cm³/mol. The van der Waals surface area contributed by atoms with E-state index in [1.54, 1.807) is 9.58 Å². The van der Waals surface area contributed by atoms with E-state index in [0.29, 0.717) is 38.2 Å². The van der Waals surface area contributed by atoms with Crippen molar-refractivity contribution < 1.29 is 14.3 Å². The fraction of sp³-hybridized carbons (Fsp3) is 0.258. The predicted octanol–water partition coefficient (Wildman–Crippen LogP) is 5.79. The number of hydrogen-bond donors (Lipinski definition) is 1. The summed E-state index contributed by atoms with van der Waals surface area (Å²) in [5.74, 6) is 0.579. The van der Waals surface area contributed by atoms with Crippen molar-refractivity contribution in [2.75, 3.05) is 18.4 Å². The van der Waals surface area contributed by atoms with Crippen LogP contribution in [-0.4, -0.2) is 39.8 Å². The Morgan fingerprint density at radius 3 is 2.16 bits per heavy atom. The van der Waals surface area contributed by atoms with Crippen molar-refractivity contribution in [3.05, 3.63) is 108 Å². The number of carbonyl (C=O) groups is 2. The van der Waals surface area contributed by atoms with Gasteiger partial charge >= 0.3 is 6.09 Å². The Labute approximate surface area is 223 Å². The Hall–Kier alpha value is -4.39. The molecule has 0 unspecified atom stereocenters. The van der Waals surface area contributed by atoms with Crippen molar-refractivity contribution in [2.24, 2.45) is 7.05 Å². The Balaban J connectivity index is 1.26. The van der Waals surface area contributed by atoms with Crippen LogP contribution in [0, 0.1) is 0 Å². The molecule has 1 aromatic heterocycles. The third kappa shape index (κ3) is 5.78. The molecule has 194 valence electrons. The minimum Gasteiger partial charge on any atom is -0.445 e. The number of likely N-dealkylation sites (tertiary alicyclic amines) is 1. The molecule has 1 aliphatic heterocycles. The second kappa shape index (κ2) is 11.3. The van der Waals surface area contributed by atoms with Crippen LogP contribution in [0.2, 0.25) is 0 Å². The molecule has 3 aromatic carbocycles. The van der Waals surface area contributed by atoms with Gasteiger partial charge in [0.15, 0.2) is 0 Å². The quantitative estimate of drug-likeness (QED) is 0.343. The second-order valence-electron chi connectivity index (χ2n) is 9.80. The number of piperidine rings is 1. The zero-order valence-electron chi connectivity index (χ0n) is 21.5. The van der Waals surface area contributed by atoms with E-state index in [1.807, 2.05) is 92.0 Å². The number of ether oxygens (including phenoxy) is 1. The molecule has 7 heteroatoms. The summed E-state index contributed by atoms with van der Waals surface area (Å²) in [6, 6.07) is 31.6. The molecule has 1 N–H and O–H groups in total. The zero-order valence-corrected chi connectivity index (χ0v) is 21.5. The largest absolute Gasteiger partial charge is 0.445 e. The lowest BCUT2D eigenvalue weighted by atomic mass is 9.70. The van der Waals surface area contributed by atoms with Gasteiger partial charge in [-0.3, -0.25) is 9.48 Å². The number of hydrogen-bond acceptors (Lipinski definition) is 4. The first-order valence-electron chi connectivity index (χ1n) is 12.9. The molecule has 0 spiro atoms. The summed E-state index contributed by atoms with van der Waals surface area (Å²) in [6.45, 7) is 1.30. The molecule has 0 radical (unpaired) electrons. The molecule has 5 rings (SSSR count). The first-order chi connectivity index (χ1) is 18.5. The number of aryl methyl sites for hydroxylation is 1. The van der Waals surface area contributed by atoms with E-state index < -0.39 is 0 Å². The number of anilines is 1. The average molecular weight is 509 g/mol. The van der Waals surface area contributed by atoms with Crippen LogP contribution in [0.4, 0.5) is 10.6 Å². The van der Waals surface area contributed by atoms with Crippen LogP contribution >= 0.6 is 0 Å². The number of nitrogens with one attached hydrogen (secondary N) is 1. The van der Waals surface area contributed by atoms with Crippen molar-refractivity contribution in [1.82, 2.24) is 14.7 Å². The molecule has 4 aromatic rings. The molecule has 7 nitrogen and oxygen atoms in total. The molecule has 0 bridgehead atoms. The zero-order chi connectivity index (χ0) is 26.4. The highest BCUT2D eigenvalue weighted by atomic mass is 16.6. The molecule has 1 fully saturated rings. The van der Waals surface area contributed by atoms with Crippen molar-refractivity contribution in [3.8, 4) is 11.3 Å². The maximum atomic E-state index is 13.4. The van der Waals surface area contributed by atoms with Gasteiger partial charge in [0.2, 0.25) is 5.91 Å². The standard InChI is InChI=1S/C31H32N4O3/c1-34-28(21-27(33-34)25-13-7-3-8-14-25)32-29(36)22-31(26-15-9-4-10-16-26)17-19-35(20-18-31)30(37)38-23-24-11-5-2-6-12-24/h2-16,21H,17-20,22-23H2,1H3,(H,32,36). The number of rotatable bonds is 7. The van der Waals surface area contributed by atoms with Crippen LogP contribution in [0.1, 0.15) is 30.4 Å². The van der Waals surface area contributed by atoms with Gasteiger partial charge in [-0.1, -0.05) is 91.0 Å². The van der Waals surface area contributed by atoms with Gasteiger partial charge in [-0.05, 0) is 24.0 Å². The maximum absolute atomic E-state index is 13.4. The summed E-state index contributed by atoms with van der Waals surface area (Å²) in [5.41, 5.74) is 3.50. The molecule has 0 aliphatic carbocycles. The summed E-state index contributed by atoms with van der Waals surface area (Å²) in [5, 5.41) is 7.64. The molecule has 2 heterocycles. The summed E-state index contributed by atoms with van der Waals surface area (Å²) >= 11 is 0. The van der Waals surface area contributed by atoms with Gasteiger partial charge in [-0.15, -0.1) is 0 Å². The highest BCUT2D eigenvalue weighted by molar-refractivity contribution is 5.91. The summed E-state index contributed by atoms with van der Waals surface area (Å²) in [7, 11) is 1.83. The molecular weight excluding hydrogens is 476 g/mol. The van der Waals surface area contributed by atoms with Crippen molar-refractivity contribution >= 4 is 17.8 Å². The van der Waals surface area contributed by atoms with Gasteiger partial charge in [-0.25, -0.2) is 4.79 Å². The van der Waals surface area contributed by atoms with E-state index >= 15 is 0 Å². The number of nitrogens with zero attached hydrogens (tertiary/aromatic N) is 3. The van der Waals surface area contributed by atoms with Gasteiger partial charge in [0.25, 0.3) is 0 Å². The topological polar surface area (TPSA) is 76.5 Å². The lowest BCUT2D eigenvalue weighted by Gasteiger charge is -2.41. The number of carbonyl (C=O) groups excluding carboxylic acids is 2. The van der Waals surface area contributed by atoms with E-state index in [2.05, 4.69) is 22.5 Å². The van der Waals surface area contributed by atoms with E-state index in [-0.39, 0.29) is 24.0 Å². The lowest BCUT2D eigenvalue weighted by Crippen LogP contribution is -2.46. The molecule has 38 heavy (non-hydrogen) atoms. The van der Waals surface area contributed by atoms with Crippen LogP contribution in [0.5, 0.6) is 0 Å². The Kier molecular flexibility index (Phi) is 7.54. The van der Waals surface area contributed by atoms with E-state index in [9.17, 15) is 9.59 Å². The average Bonchev–Trinajstić information content (AvgIpc) is 3.33. The summed E-state index contributed by atoms with van der Waals surface area (Å²) in [4.78, 5) is 27.9. The van der Waals surface area contributed by atoms with E-state index in [0.717, 1.165) is 22.4 Å².